The van der Waals surface area contributed by atoms with E-state index in [0.29, 0.717) is 39.2 Å². The summed E-state index contributed by atoms with van der Waals surface area (Å²) in [7, 11) is 0. The highest BCUT2D eigenvalue weighted by Gasteiger charge is 2.20. The highest BCUT2D eigenvalue weighted by molar-refractivity contribution is 7.99. The fraction of sp³-hybridized carbons (Fsp3) is 0.348. The third-order valence-electron chi connectivity index (χ3n) is 4.82. The van der Waals surface area contributed by atoms with Crippen molar-refractivity contribution in [3.63, 3.8) is 0 Å². The Bertz CT molecular complexity index is 1070. The minimum Gasteiger partial charge on any atom is -0.481 e. The van der Waals surface area contributed by atoms with Gasteiger partial charge in [-0.1, -0.05) is 60.9 Å². The van der Waals surface area contributed by atoms with Crippen LogP contribution in [-0.4, -0.2) is 26.4 Å². The predicted molar refractivity (Wildman–Crippen MR) is 131 cm³/mol. The van der Waals surface area contributed by atoms with E-state index in [1.165, 1.54) is 17.3 Å². The number of hydrogen-bond donors (Lipinski definition) is 1. The van der Waals surface area contributed by atoms with Crippen molar-refractivity contribution in [3.05, 3.63) is 63.9 Å². The monoisotopic (exact) mass is 492 g/mol. The van der Waals surface area contributed by atoms with Gasteiger partial charge >= 0.3 is 0 Å². The number of halogens is 2. The molecule has 1 atom stereocenters. The van der Waals surface area contributed by atoms with Crippen LogP contribution in [-0.2, 0) is 11.3 Å². The van der Waals surface area contributed by atoms with Crippen molar-refractivity contribution in [3.8, 4) is 5.75 Å². The molecule has 0 radical (unpaired) electrons. The van der Waals surface area contributed by atoms with Gasteiger partial charge in [0, 0.05) is 23.3 Å². The van der Waals surface area contributed by atoms with E-state index in [2.05, 4.69) is 29.4 Å². The summed E-state index contributed by atoms with van der Waals surface area (Å²) in [5.41, 5.74) is 2.01. The molecule has 9 heteroatoms. The standard InChI is InChI=1S/C23H26Cl2N4O2S/c1-5-29-22(15(4)31-20-12-17(24)8-11-19(20)25)27-28-23(29)32-13-21(30)26-18-9-6-16(7-10-18)14(2)3/h6-12,14-15H,5,13H2,1-4H3,(H,26,30). The van der Waals surface area contributed by atoms with Gasteiger partial charge in [-0.2, -0.15) is 0 Å². The normalized spacial score (nSPS) is 12.1. The van der Waals surface area contributed by atoms with Gasteiger partial charge in [0.25, 0.3) is 0 Å². The lowest BCUT2D eigenvalue weighted by Crippen LogP contribution is -2.15. The van der Waals surface area contributed by atoms with Crippen LogP contribution in [0.5, 0.6) is 5.75 Å². The molecule has 32 heavy (non-hydrogen) atoms. The lowest BCUT2D eigenvalue weighted by atomic mass is 10.0. The summed E-state index contributed by atoms with van der Waals surface area (Å²) < 4.78 is 7.90. The van der Waals surface area contributed by atoms with E-state index < -0.39 is 6.10 Å². The second kappa shape index (κ2) is 11.1. The maximum atomic E-state index is 12.4. The van der Waals surface area contributed by atoms with E-state index in [0.717, 1.165) is 5.69 Å². The van der Waals surface area contributed by atoms with Crippen LogP contribution in [0, 0.1) is 0 Å². The minimum atomic E-state index is -0.402. The second-order valence-electron chi connectivity index (χ2n) is 7.53. The molecular formula is C23H26Cl2N4O2S. The number of thioether (sulfide) groups is 1. The second-order valence-corrected chi connectivity index (χ2v) is 9.32. The molecule has 0 aliphatic carbocycles. The van der Waals surface area contributed by atoms with Crippen molar-refractivity contribution in [2.45, 2.75) is 51.4 Å². The third kappa shape index (κ3) is 6.18. The molecule has 1 unspecified atom stereocenters. The van der Waals surface area contributed by atoms with Gasteiger partial charge in [0.15, 0.2) is 17.1 Å². The molecule has 170 valence electrons. The van der Waals surface area contributed by atoms with Gasteiger partial charge in [-0.05, 0) is 49.6 Å². The molecule has 0 aliphatic rings. The van der Waals surface area contributed by atoms with Crippen molar-refractivity contribution in [2.75, 3.05) is 11.1 Å². The Hall–Kier alpha value is -2.22. The SMILES string of the molecule is CCn1c(SCC(=O)Nc2ccc(C(C)C)cc2)nnc1C(C)Oc1cc(Cl)ccc1Cl. The van der Waals surface area contributed by atoms with Crippen LogP contribution in [0.15, 0.2) is 47.6 Å². The maximum Gasteiger partial charge on any atom is 0.234 e. The number of nitrogens with one attached hydrogen (secondary N) is 1. The van der Waals surface area contributed by atoms with E-state index in [1.54, 1.807) is 18.2 Å². The molecule has 3 rings (SSSR count). The first-order chi connectivity index (χ1) is 15.3. The zero-order valence-corrected chi connectivity index (χ0v) is 20.8. The summed E-state index contributed by atoms with van der Waals surface area (Å²) in [6.07, 6.45) is -0.402. The highest BCUT2D eigenvalue weighted by Crippen LogP contribution is 2.32. The topological polar surface area (TPSA) is 69.0 Å². The highest BCUT2D eigenvalue weighted by atomic mass is 35.5. The Balaban J connectivity index is 1.62. The fourth-order valence-electron chi connectivity index (χ4n) is 3.09. The van der Waals surface area contributed by atoms with E-state index >= 15 is 0 Å². The number of benzene rings is 2. The lowest BCUT2D eigenvalue weighted by molar-refractivity contribution is -0.113. The Morgan fingerprint density at radius 3 is 2.50 bits per heavy atom. The quantitative estimate of drug-likeness (QED) is 0.340. The number of hydrogen-bond acceptors (Lipinski definition) is 5. The molecule has 1 aromatic heterocycles. The molecule has 0 saturated carbocycles. The van der Waals surface area contributed by atoms with E-state index in [9.17, 15) is 4.79 Å². The van der Waals surface area contributed by atoms with Gasteiger partial charge in [-0.3, -0.25) is 4.79 Å². The maximum absolute atomic E-state index is 12.4. The number of carbonyl (C=O) groups excluding carboxylic acids is 1. The van der Waals surface area contributed by atoms with Crippen molar-refractivity contribution < 1.29 is 9.53 Å². The van der Waals surface area contributed by atoms with Crippen LogP contribution in [0.1, 0.15) is 51.1 Å². The van der Waals surface area contributed by atoms with Crippen molar-refractivity contribution >= 4 is 46.6 Å². The van der Waals surface area contributed by atoms with Gasteiger partial charge in [0.1, 0.15) is 5.75 Å². The lowest BCUT2D eigenvalue weighted by Gasteiger charge is -2.16. The average Bonchev–Trinajstić information content (AvgIpc) is 3.18. The number of rotatable bonds is 9. The van der Waals surface area contributed by atoms with Crippen molar-refractivity contribution in [1.82, 2.24) is 14.8 Å². The van der Waals surface area contributed by atoms with Crippen LogP contribution in [0.3, 0.4) is 0 Å². The number of ether oxygens (including phenoxy) is 1. The molecule has 2 aromatic carbocycles. The van der Waals surface area contributed by atoms with E-state index in [-0.39, 0.29) is 11.7 Å². The summed E-state index contributed by atoms with van der Waals surface area (Å²) >= 11 is 13.6. The first-order valence-corrected chi connectivity index (χ1v) is 12.1. The zero-order valence-electron chi connectivity index (χ0n) is 18.4. The molecule has 1 heterocycles. The van der Waals surface area contributed by atoms with Crippen molar-refractivity contribution in [1.29, 1.82) is 0 Å². The first-order valence-electron chi connectivity index (χ1n) is 10.4. The Morgan fingerprint density at radius 1 is 1.12 bits per heavy atom. The molecule has 0 aliphatic heterocycles. The largest absolute Gasteiger partial charge is 0.481 e. The summed E-state index contributed by atoms with van der Waals surface area (Å²) in [4.78, 5) is 12.4. The Labute approximate surface area is 202 Å². The summed E-state index contributed by atoms with van der Waals surface area (Å²) in [5, 5.41) is 13.1. The molecule has 1 N–H and O–H groups in total. The third-order valence-corrected chi connectivity index (χ3v) is 6.33. The van der Waals surface area contributed by atoms with Crippen LogP contribution >= 0.6 is 35.0 Å². The molecule has 1 amide bonds. The van der Waals surface area contributed by atoms with Crippen LogP contribution in [0.4, 0.5) is 5.69 Å². The van der Waals surface area contributed by atoms with Gasteiger partial charge in [0.05, 0.1) is 10.8 Å². The Morgan fingerprint density at radius 2 is 1.84 bits per heavy atom. The van der Waals surface area contributed by atoms with Crippen LogP contribution in [0.25, 0.3) is 0 Å². The van der Waals surface area contributed by atoms with Gasteiger partial charge < -0.3 is 14.6 Å². The predicted octanol–water partition coefficient (Wildman–Crippen LogP) is 6.60. The molecular weight excluding hydrogens is 467 g/mol. The van der Waals surface area contributed by atoms with Gasteiger partial charge in [-0.25, -0.2) is 0 Å². The number of nitrogens with zero attached hydrogens (tertiary/aromatic N) is 3. The first kappa shape index (κ1) is 24.4. The van der Waals surface area contributed by atoms with Crippen LogP contribution in [0.2, 0.25) is 10.0 Å². The molecule has 0 bridgehead atoms. The molecule has 0 saturated heterocycles. The molecule has 0 fully saturated rings. The minimum absolute atomic E-state index is 0.102. The Kier molecular flexibility index (Phi) is 8.45. The molecule has 3 aromatic rings. The zero-order chi connectivity index (χ0) is 23.3. The molecule has 6 nitrogen and oxygen atoms in total. The van der Waals surface area contributed by atoms with Crippen LogP contribution < -0.4 is 10.1 Å². The van der Waals surface area contributed by atoms with Gasteiger partial charge in [-0.15, -0.1) is 10.2 Å². The van der Waals surface area contributed by atoms with Crippen molar-refractivity contribution in [2.24, 2.45) is 0 Å². The van der Waals surface area contributed by atoms with E-state index in [1.807, 2.05) is 42.7 Å². The number of carbonyl (C=O) groups is 1. The average molecular weight is 493 g/mol. The van der Waals surface area contributed by atoms with E-state index in [4.69, 9.17) is 27.9 Å². The molecule has 0 spiro atoms. The summed E-state index contributed by atoms with van der Waals surface area (Å²) in [6, 6.07) is 13.0. The fourth-order valence-corrected chi connectivity index (χ4v) is 4.23. The number of amides is 1. The summed E-state index contributed by atoms with van der Waals surface area (Å²) in [5.74, 6) is 1.70. The number of aromatic nitrogens is 3. The van der Waals surface area contributed by atoms with Gasteiger partial charge in [0.2, 0.25) is 5.91 Å². The smallest absolute Gasteiger partial charge is 0.234 e. The summed E-state index contributed by atoms with van der Waals surface area (Å²) in [6.45, 7) is 8.78. The number of anilines is 1.